The summed E-state index contributed by atoms with van der Waals surface area (Å²) in [6, 6.07) is 2.47. The Morgan fingerprint density at radius 3 is 2.45 bits per heavy atom. The van der Waals surface area contributed by atoms with Crippen LogP contribution in [0.2, 0.25) is 10.0 Å². The van der Waals surface area contributed by atoms with Crippen LogP contribution in [0, 0.1) is 5.39 Å². The first-order valence-corrected chi connectivity index (χ1v) is 3.44. The monoisotopic (exact) mass is 189 g/mol. The minimum Gasteiger partial charge on any atom is -0.506 e. The van der Waals surface area contributed by atoms with Crippen LogP contribution in [0.4, 0.5) is 5.69 Å². The summed E-state index contributed by atoms with van der Waals surface area (Å²) in [6.07, 6.45) is 0. The highest BCUT2D eigenvalue weighted by molar-refractivity contribution is 6.37. The molecule has 0 aromatic heterocycles. The number of nitrogens with zero attached hydrogens (tertiary/aromatic N) is 2. The van der Waals surface area contributed by atoms with Crippen LogP contribution < -0.4 is 0 Å². The number of phenolic OH excluding ortho intramolecular Hbond substituents is 1. The van der Waals surface area contributed by atoms with E-state index in [9.17, 15) is 0 Å². The number of rotatable bonds is 0. The SMILES string of the molecule is N#[N+]c1cc(O)c(Cl)cc1Cl. The normalized spacial score (nSPS) is 9.18. The van der Waals surface area contributed by atoms with E-state index in [1.54, 1.807) is 0 Å². The van der Waals surface area contributed by atoms with Gasteiger partial charge in [-0.25, -0.2) is 0 Å². The number of hydrogen-bond acceptors (Lipinski definition) is 2. The lowest BCUT2D eigenvalue weighted by molar-refractivity contribution is 0.476. The van der Waals surface area contributed by atoms with Crippen molar-refractivity contribution in [3.05, 3.63) is 27.2 Å². The zero-order valence-electron chi connectivity index (χ0n) is 5.25. The summed E-state index contributed by atoms with van der Waals surface area (Å²) in [5.41, 5.74) is 0.0913. The molecular formula is C6H3Cl2N2O+. The lowest BCUT2D eigenvalue weighted by Gasteiger charge is -1.91. The molecule has 0 fully saturated rings. The smallest absolute Gasteiger partial charge is 0.407 e. The first kappa shape index (κ1) is 8.12. The average Bonchev–Trinajstić information content (AvgIpc) is 1.97. The molecule has 0 aliphatic carbocycles. The molecule has 0 unspecified atom stereocenters. The Morgan fingerprint density at radius 2 is 1.91 bits per heavy atom. The molecule has 11 heavy (non-hydrogen) atoms. The Morgan fingerprint density at radius 1 is 1.27 bits per heavy atom. The van der Waals surface area contributed by atoms with Crippen molar-refractivity contribution in [2.24, 2.45) is 0 Å². The van der Waals surface area contributed by atoms with Gasteiger partial charge in [0.15, 0.2) is 4.98 Å². The Bertz CT molecular complexity index is 332. The van der Waals surface area contributed by atoms with Gasteiger partial charge in [-0.15, -0.1) is 0 Å². The van der Waals surface area contributed by atoms with Crippen molar-refractivity contribution in [1.29, 1.82) is 5.39 Å². The summed E-state index contributed by atoms with van der Waals surface area (Å²) in [5, 5.41) is 17.6. The maximum Gasteiger partial charge on any atom is 0.407 e. The van der Waals surface area contributed by atoms with Crippen molar-refractivity contribution in [3.8, 4) is 5.75 Å². The standard InChI is InChI=1S/C6H2Cl2N2O/c7-3-1-4(8)6(11)2-5(3)10-9/h1-2H/p+1. The molecule has 0 saturated heterocycles. The molecule has 1 aromatic rings. The Labute approximate surface area is 72.8 Å². The van der Waals surface area contributed by atoms with Gasteiger partial charge in [-0.1, -0.05) is 23.2 Å². The molecule has 0 saturated carbocycles. The van der Waals surface area contributed by atoms with E-state index in [-0.39, 0.29) is 21.5 Å². The molecule has 0 spiro atoms. The predicted molar refractivity (Wildman–Crippen MR) is 42.9 cm³/mol. The second-order valence-electron chi connectivity index (χ2n) is 1.86. The van der Waals surface area contributed by atoms with Gasteiger partial charge in [0.25, 0.3) is 0 Å². The zero-order valence-corrected chi connectivity index (χ0v) is 6.76. The average molecular weight is 190 g/mol. The van der Waals surface area contributed by atoms with E-state index in [0.717, 1.165) is 0 Å². The Balaban J connectivity index is 3.35. The summed E-state index contributed by atoms with van der Waals surface area (Å²) in [7, 11) is 0. The maximum absolute atomic E-state index is 8.99. The van der Waals surface area contributed by atoms with Gasteiger partial charge in [0.1, 0.15) is 10.8 Å². The van der Waals surface area contributed by atoms with Crippen LogP contribution in [0.25, 0.3) is 4.98 Å². The Kier molecular flexibility index (Phi) is 2.18. The molecular weight excluding hydrogens is 187 g/mol. The van der Waals surface area contributed by atoms with Gasteiger partial charge < -0.3 is 5.11 Å². The van der Waals surface area contributed by atoms with Gasteiger partial charge in [-0.05, 0) is 6.07 Å². The molecule has 1 N–H and O–H groups in total. The van der Waals surface area contributed by atoms with Gasteiger partial charge in [-0.2, -0.15) is 0 Å². The van der Waals surface area contributed by atoms with E-state index in [1.165, 1.54) is 12.1 Å². The van der Waals surface area contributed by atoms with E-state index in [1.807, 2.05) is 0 Å². The lowest BCUT2D eigenvalue weighted by Crippen LogP contribution is -1.69. The molecule has 0 radical (unpaired) electrons. The van der Waals surface area contributed by atoms with Crippen LogP contribution in [-0.4, -0.2) is 5.11 Å². The van der Waals surface area contributed by atoms with E-state index in [2.05, 4.69) is 4.98 Å². The molecule has 3 nitrogen and oxygen atoms in total. The van der Waals surface area contributed by atoms with Crippen molar-refractivity contribution in [3.63, 3.8) is 0 Å². The first-order valence-electron chi connectivity index (χ1n) is 2.68. The molecule has 0 aliphatic heterocycles. The predicted octanol–water partition coefficient (Wildman–Crippen LogP) is 3.18. The summed E-state index contributed by atoms with van der Waals surface area (Å²) in [5.74, 6) is -0.163. The van der Waals surface area contributed by atoms with Crippen molar-refractivity contribution >= 4 is 28.9 Å². The molecule has 0 bridgehead atoms. The second kappa shape index (κ2) is 2.95. The van der Waals surface area contributed by atoms with Gasteiger partial charge in [0.2, 0.25) is 5.39 Å². The minimum absolute atomic E-state index is 0.0913. The van der Waals surface area contributed by atoms with Crippen LogP contribution in [-0.2, 0) is 0 Å². The summed E-state index contributed by atoms with van der Waals surface area (Å²) >= 11 is 11.0. The summed E-state index contributed by atoms with van der Waals surface area (Å²) < 4.78 is 0. The van der Waals surface area contributed by atoms with Crippen molar-refractivity contribution in [1.82, 2.24) is 0 Å². The molecule has 0 aliphatic rings. The molecule has 56 valence electrons. The third kappa shape index (κ3) is 1.53. The fourth-order valence-electron chi connectivity index (χ4n) is 0.603. The highest BCUT2D eigenvalue weighted by Crippen LogP contribution is 2.34. The number of phenols is 1. The Hall–Kier alpha value is -0.980. The molecule has 0 atom stereocenters. The topological polar surface area (TPSA) is 48.4 Å². The number of diazo groups is 1. The van der Waals surface area contributed by atoms with E-state index in [4.69, 9.17) is 33.7 Å². The molecule has 1 rings (SSSR count). The van der Waals surface area contributed by atoms with E-state index in [0.29, 0.717) is 0 Å². The van der Waals surface area contributed by atoms with Crippen LogP contribution in [0.1, 0.15) is 0 Å². The fourth-order valence-corrected chi connectivity index (χ4v) is 1.02. The third-order valence-electron chi connectivity index (χ3n) is 1.12. The first-order chi connectivity index (χ1) is 5.15. The number of halogens is 2. The van der Waals surface area contributed by atoms with E-state index >= 15 is 0 Å². The summed E-state index contributed by atoms with van der Waals surface area (Å²) in [6.45, 7) is 0. The summed E-state index contributed by atoms with van der Waals surface area (Å²) in [4.78, 5) is 2.82. The number of hydrogen-bond donors (Lipinski definition) is 1. The minimum atomic E-state index is -0.163. The van der Waals surface area contributed by atoms with E-state index < -0.39 is 0 Å². The van der Waals surface area contributed by atoms with Crippen molar-refractivity contribution in [2.45, 2.75) is 0 Å². The molecule has 1 aromatic carbocycles. The quantitative estimate of drug-likeness (QED) is 0.638. The van der Waals surface area contributed by atoms with Crippen molar-refractivity contribution in [2.75, 3.05) is 0 Å². The highest BCUT2D eigenvalue weighted by Gasteiger charge is 2.15. The van der Waals surface area contributed by atoms with Crippen LogP contribution in [0.15, 0.2) is 12.1 Å². The van der Waals surface area contributed by atoms with Gasteiger partial charge >= 0.3 is 5.69 Å². The van der Waals surface area contributed by atoms with Crippen LogP contribution in [0.5, 0.6) is 5.75 Å². The zero-order chi connectivity index (χ0) is 8.43. The molecule has 0 heterocycles. The largest absolute Gasteiger partial charge is 0.506 e. The third-order valence-corrected chi connectivity index (χ3v) is 1.73. The highest BCUT2D eigenvalue weighted by atomic mass is 35.5. The molecule has 5 heteroatoms. The second-order valence-corrected chi connectivity index (χ2v) is 2.67. The number of aromatic hydroxyl groups is 1. The number of benzene rings is 1. The molecule has 0 amide bonds. The van der Waals surface area contributed by atoms with Gasteiger partial charge in [-0.3, -0.25) is 0 Å². The lowest BCUT2D eigenvalue weighted by atomic mass is 10.3. The maximum atomic E-state index is 8.99. The van der Waals surface area contributed by atoms with Gasteiger partial charge in [0, 0.05) is 0 Å². The van der Waals surface area contributed by atoms with Gasteiger partial charge in [0.05, 0.1) is 11.1 Å². The van der Waals surface area contributed by atoms with Crippen LogP contribution >= 0.6 is 23.2 Å². The van der Waals surface area contributed by atoms with Crippen molar-refractivity contribution < 1.29 is 5.11 Å². The van der Waals surface area contributed by atoms with Crippen LogP contribution in [0.3, 0.4) is 0 Å². The fraction of sp³-hybridized carbons (Fsp3) is 0.